The third-order valence-electron chi connectivity index (χ3n) is 3.67. The van der Waals surface area contributed by atoms with E-state index >= 15 is 0 Å². The van der Waals surface area contributed by atoms with Crippen LogP contribution in [0.25, 0.3) is 11.6 Å². The van der Waals surface area contributed by atoms with Crippen LogP contribution >= 0.6 is 0 Å². The van der Waals surface area contributed by atoms with Crippen molar-refractivity contribution in [1.29, 1.82) is 0 Å². The molecule has 2 aromatic rings. The number of carbonyl (C=O) groups is 1. The van der Waals surface area contributed by atoms with Gasteiger partial charge in [0.05, 0.1) is 6.26 Å². The van der Waals surface area contributed by atoms with Crippen LogP contribution in [0.15, 0.2) is 27.3 Å². The lowest BCUT2D eigenvalue weighted by Gasteiger charge is -2.23. The van der Waals surface area contributed by atoms with Crippen LogP contribution in [0, 0.1) is 11.3 Å². The summed E-state index contributed by atoms with van der Waals surface area (Å²) in [6.07, 6.45) is 2.89. The monoisotopic (exact) mass is 319 g/mol. The molecule has 23 heavy (non-hydrogen) atoms. The van der Waals surface area contributed by atoms with Gasteiger partial charge in [-0.15, -0.1) is 0 Å². The van der Waals surface area contributed by atoms with Gasteiger partial charge in [-0.25, -0.2) is 0 Å². The second-order valence-electron chi connectivity index (χ2n) is 7.10. The van der Waals surface area contributed by atoms with E-state index in [0.29, 0.717) is 23.9 Å². The highest BCUT2D eigenvalue weighted by Gasteiger charge is 2.28. The lowest BCUT2D eigenvalue weighted by Crippen LogP contribution is -2.34. The Kier molecular flexibility index (Phi) is 5.23. The molecule has 0 fully saturated rings. The van der Waals surface area contributed by atoms with Gasteiger partial charge in [0.1, 0.15) is 6.04 Å². The first kappa shape index (κ1) is 17.2. The van der Waals surface area contributed by atoms with Crippen LogP contribution < -0.4 is 5.32 Å². The van der Waals surface area contributed by atoms with Crippen LogP contribution in [0.3, 0.4) is 0 Å². The molecule has 2 heterocycles. The van der Waals surface area contributed by atoms with E-state index in [4.69, 9.17) is 8.94 Å². The Balaban J connectivity index is 2.17. The third-order valence-corrected chi connectivity index (χ3v) is 3.67. The minimum absolute atomic E-state index is 0.0134. The number of nitrogens with one attached hydrogen (secondary N) is 1. The summed E-state index contributed by atoms with van der Waals surface area (Å²) >= 11 is 0. The Hall–Kier alpha value is -2.11. The van der Waals surface area contributed by atoms with E-state index in [1.165, 1.54) is 0 Å². The van der Waals surface area contributed by atoms with Gasteiger partial charge < -0.3 is 14.3 Å². The Morgan fingerprint density at radius 1 is 1.39 bits per heavy atom. The van der Waals surface area contributed by atoms with E-state index in [1.807, 2.05) is 20.8 Å². The quantitative estimate of drug-likeness (QED) is 0.871. The van der Waals surface area contributed by atoms with Crippen molar-refractivity contribution in [1.82, 2.24) is 15.5 Å². The van der Waals surface area contributed by atoms with Gasteiger partial charge in [-0.2, -0.15) is 4.98 Å². The molecule has 0 aliphatic carbocycles. The fourth-order valence-electron chi connectivity index (χ4n) is 2.26. The second-order valence-corrected chi connectivity index (χ2v) is 7.10. The molecule has 0 unspecified atom stereocenters. The predicted octanol–water partition coefficient (Wildman–Crippen LogP) is 3.97. The summed E-state index contributed by atoms with van der Waals surface area (Å²) in [6.45, 7) is 10.2. The zero-order valence-corrected chi connectivity index (χ0v) is 14.4. The van der Waals surface area contributed by atoms with Crippen molar-refractivity contribution in [3.8, 4) is 11.6 Å². The molecule has 1 amide bonds. The van der Waals surface area contributed by atoms with Crippen LogP contribution in [0.1, 0.15) is 59.4 Å². The molecule has 0 aliphatic rings. The number of rotatable bonds is 6. The zero-order chi connectivity index (χ0) is 17.0. The zero-order valence-electron chi connectivity index (χ0n) is 14.4. The van der Waals surface area contributed by atoms with Crippen molar-refractivity contribution in [2.24, 2.45) is 11.3 Å². The molecular weight excluding hydrogens is 294 g/mol. The van der Waals surface area contributed by atoms with Crippen molar-refractivity contribution in [2.75, 3.05) is 0 Å². The Labute approximate surface area is 136 Å². The van der Waals surface area contributed by atoms with E-state index in [0.717, 1.165) is 6.42 Å². The van der Waals surface area contributed by atoms with Gasteiger partial charge in [-0.05, 0) is 23.5 Å². The fraction of sp³-hybridized carbons (Fsp3) is 0.588. The maximum absolute atomic E-state index is 12.3. The van der Waals surface area contributed by atoms with E-state index in [1.54, 1.807) is 18.4 Å². The highest BCUT2D eigenvalue weighted by atomic mass is 16.5. The number of furan rings is 1. The first-order valence-corrected chi connectivity index (χ1v) is 7.97. The molecule has 2 atom stereocenters. The lowest BCUT2D eigenvalue weighted by molar-refractivity contribution is -0.124. The SMILES string of the molecule is CC[C@@H](C)[C@H](NC(=O)CC(C)(C)C)c1nc(-c2ccco2)no1. The molecule has 0 saturated carbocycles. The number of carbonyl (C=O) groups excluding carboxylic acids is 1. The molecular formula is C17H25N3O3. The van der Waals surface area contributed by atoms with E-state index in [2.05, 4.69) is 29.3 Å². The number of amides is 1. The van der Waals surface area contributed by atoms with Crippen LogP contribution in [0.2, 0.25) is 0 Å². The minimum Gasteiger partial charge on any atom is -0.461 e. The van der Waals surface area contributed by atoms with Crippen molar-refractivity contribution >= 4 is 5.91 Å². The topological polar surface area (TPSA) is 81.2 Å². The first-order chi connectivity index (χ1) is 10.8. The van der Waals surface area contributed by atoms with Crippen molar-refractivity contribution in [3.63, 3.8) is 0 Å². The average Bonchev–Trinajstić information content (AvgIpc) is 3.12. The van der Waals surface area contributed by atoms with Crippen LogP contribution in [0.5, 0.6) is 0 Å². The van der Waals surface area contributed by atoms with E-state index in [-0.39, 0.29) is 23.3 Å². The molecule has 2 aromatic heterocycles. The fourth-order valence-corrected chi connectivity index (χ4v) is 2.26. The number of aromatic nitrogens is 2. The summed E-state index contributed by atoms with van der Waals surface area (Å²) in [6, 6.07) is 3.24. The second kappa shape index (κ2) is 6.98. The highest BCUT2D eigenvalue weighted by Crippen LogP contribution is 2.27. The number of hydrogen-bond donors (Lipinski definition) is 1. The smallest absolute Gasteiger partial charge is 0.249 e. The normalized spacial score (nSPS) is 14.5. The third kappa shape index (κ3) is 4.68. The molecule has 0 saturated heterocycles. The predicted molar refractivity (Wildman–Crippen MR) is 86.4 cm³/mol. The molecule has 0 radical (unpaired) electrons. The van der Waals surface area contributed by atoms with Crippen molar-refractivity contribution in [3.05, 3.63) is 24.3 Å². The standard InChI is InChI=1S/C17H25N3O3/c1-6-11(2)14(18-13(21)10-17(3,4)5)16-19-15(20-23-16)12-8-7-9-22-12/h7-9,11,14H,6,10H2,1-5H3,(H,18,21)/t11-,14+/m1/s1. The number of hydrogen-bond acceptors (Lipinski definition) is 5. The van der Waals surface area contributed by atoms with Gasteiger partial charge in [0.25, 0.3) is 0 Å². The van der Waals surface area contributed by atoms with Gasteiger partial charge >= 0.3 is 0 Å². The summed E-state index contributed by atoms with van der Waals surface area (Å²) in [4.78, 5) is 16.7. The van der Waals surface area contributed by atoms with Crippen LogP contribution in [0.4, 0.5) is 0 Å². The summed E-state index contributed by atoms with van der Waals surface area (Å²) in [5, 5.41) is 6.98. The first-order valence-electron chi connectivity index (χ1n) is 7.97. The van der Waals surface area contributed by atoms with Crippen molar-refractivity contribution < 1.29 is 13.7 Å². The number of nitrogens with zero attached hydrogens (tertiary/aromatic N) is 2. The summed E-state index contributed by atoms with van der Waals surface area (Å²) in [5.74, 6) is 1.52. The molecule has 0 aromatic carbocycles. The van der Waals surface area contributed by atoms with Crippen molar-refractivity contribution in [2.45, 2.75) is 53.5 Å². The van der Waals surface area contributed by atoms with Crippen LogP contribution in [-0.2, 0) is 4.79 Å². The van der Waals surface area contributed by atoms with Gasteiger partial charge in [0.15, 0.2) is 5.76 Å². The minimum atomic E-state index is -0.300. The molecule has 6 nitrogen and oxygen atoms in total. The van der Waals surface area contributed by atoms with Gasteiger partial charge in [0.2, 0.25) is 17.6 Å². The average molecular weight is 319 g/mol. The Morgan fingerprint density at radius 3 is 2.70 bits per heavy atom. The summed E-state index contributed by atoms with van der Waals surface area (Å²) in [5.41, 5.74) is -0.0712. The molecule has 126 valence electrons. The Bertz CT molecular complexity index is 626. The van der Waals surface area contributed by atoms with Crippen LogP contribution in [-0.4, -0.2) is 16.0 Å². The van der Waals surface area contributed by atoms with Gasteiger partial charge in [-0.3, -0.25) is 4.79 Å². The maximum Gasteiger partial charge on any atom is 0.249 e. The summed E-state index contributed by atoms with van der Waals surface area (Å²) in [7, 11) is 0. The molecule has 0 bridgehead atoms. The van der Waals surface area contributed by atoms with E-state index < -0.39 is 0 Å². The highest BCUT2D eigenvalue weighted by molar-refractivity contribution is 5.77. The largest absolute Gasteiger partial charge is 0.461 e. The molecule has 0 spiro atoms. The molecule has 0 aliphatic heterocycles. The lowest BCUT2D eigenvalue weighted by atomic mass is 9.91. The molecule has 6 heteroatoms. The summed E-state index contributed by atoms with van der Waals surface area (Å²) < 4.78 is 10.6. The maximum atomic E-state index is 12.3. The molecule has 1 N–H and O–H groups in total. The molecule has 2 rings (SSSR count). The Morgan fingerprint density at radius 2 is 2.13 bits per heavy atom. The van der Waals surface area contributed by atoms with Gasteiger partial charge in [-0.1, -0.05) is 46.2 Å². The van der Waals surface area contributed by atoms with Gasteiger partial charge in [0, 0.05) is 6.42 Å². The van der Waals surface area contributed by atoms with E-state index in [9.17, 15) is 4.79 Å².